The van der Waals surface area contributed by atoms with Crippen LogP contribution in [-0.4, -0.2) is 19.2 Å². The molecular weight excluding hydrogens is 220 g/mol. The fraction of sp³-hybridized carbons (Fsp3) is 0.462. The molecule has 0 N–H and O–H groups in total. The first-order chi connectivity index (χ1) is 8.25. The number of Topliss-reactive ketones (excluding diaryl/α,β-unsaturated/α-hetero) is 1. The summed E-state index contributed by atoms with van der Waals surface area (Å²) in [6, 6.07) is 5.77. The minimum Gasteiger partial charge on any atom is -0.454 e. The van der Waals surface area contributed by atoms with Crippen LogP contribution in [0.5, 0.6) is 11.5 Å². The largest absolute Gasteiger partial charge is 0.454 e. The lowest BCUT2D eigenvalue weighted by atomic mass is 10.2. The summed E-state index contributed by atoms with van der Waals surface area (Å²) in [7, 11) is 0. The lowest BCUT2D eigenvalue weighted by Gasteiger charge is -2.04. The van der Waals surface area contributed by atoms with E-state index in [1.807, 2.05) is 18.2 Å². The van der Waals surface area contributed by atoms with Crippen LogP contribution < -0.4 is 9.47 Å². The van der Waals surface area contributed by atoms with Gasteiger partial charge in [-0.25, -0.2) is 0 Å². The van der Waals surface area contributed by atoms with Gasteiger partial charge in [-0.05, 0) is 31.0 Å². The summed E-state index contributed by atoms with van der Waals surface area (Å²) < 4.78 is 16.0. The molecule has 92 valence electrons. The second kappa shape index (κ2) is 5.68. The predicted octanol–water partition coefficient (Wildman–Crippen LogP) is 2.30. The van der Waals surface area contributed by atoms with E-state index in [1.54, 1.807) is 6.92 Å². The molecule has 1 heterocycles. The highest BCUT2D eigenvalue weighted by molar-refractivity contribution is 5.75. The summed E-state index contributed by atoms with van der Waals surface area (Å²) in [5, 5.41) is 0. The summed E-state index contributed by atoms with van der Waals surface area (Å²) in [4.78, 5) is 10.7. The van der Waals surface area contributed by atoms with Gasteiger partial charge in [-0.1, -0.05) is 6.07 Å². The molecule has 0 bridgehead atoms. The molecule has 0 atom stereocenters. The fourth-order valence-electron chi connectivity index (χ4n) is 1.64. The zero-order chi connectivity index (χ0) is 12.1. The quantitative estimate of drug-likeness (QED) is 0.711. The summed E-state index contributed by atoms with van der Waals surface area (Å²) >= 11 is 0. The summed E-state index contributed by atoms with van der Waals surface area (Å²) in [5.74, 6) is 1.76. The van der Waals surface area contributed by atoms with Crippen LogP contribution >= 0.6 is 0 Å². The highest BCUT2D eigenvalue weighted by atomic mass is 16.7. The maximum absolute atomic E-state index is 10.7. The minimum atomic E-state index is 0.205. The van der Waals surface area contributed by atoms with Gasteiger partial charge in [0.1, 0.15) is 5.78 Å². The van der Waals surface area contributed by atoms with Gasteiger partial charge in [0.2, 0.25) is 6.79 Å². The second-order valence-electron chi connectivity index (χ2n) is 4.05. The van der Waals surface area contributed by atoms with Crippen molar-refractivity contribution in [3.05, 3.63) is 23.8 Å². The van der Waals surface area contributed by atoms with E-state index in [9.17, 15) is 4.79 Å². The number of carbonyl (C=O) groups excluding carboxylic acids is 1. The average molecular weight is 236 g/mol. The van der Waals surface area contributed by atoms with Crippen LogP contribution in [0.4, 0.5) is 0 Å². The zero-order valence-electron chi connectivity index (χ0n) is 9.90. The highest BCUT2D eigenvalue weighted by Gasteiger charge is 2.12. The predicted molar refractivity (Wildman–Crippen MR) is 62.1 cm³/mol. The van der Waals surface area contributed by atoms with E-state index in [1.165, 1.54) is 0 Å². The molecule has 1 aromatic rings. The molecule has 17 heavy (non-hydrogen) atoms. The maximum Gasteiger partial charge on any atom is 0.231 e. The maximum atomic E-state index is 10.7. The number of ether oxygens (including phenoxy) is 3. The van der Waals surface area contributed by atoms with Crippen molar-refractivity contribution in [3.8, 4) is 11.5 Å². The number of fused-ring (bicyclic) bond motifs is 1. The average Bonchev–Trinajstić information content (AvgIpc) is 2.75. The molecule has 1 aliphatic heterocycles. The van der Waals surface area contributed by atoms with E-state index in [2.05, 4.69) is 0 Å². The first-order valence-corrected chi connectivity index (χ1v) is 5.71. The first-order valence-electron chi connectivity index (χ1n) is 5.71. The van der Waals surface area contributed by atoms with Gasteiger partial charge in [-0.15, -0.1) is 0 Å². The van der Waals surface area contributed by atoms with Gasteiger partial charge in [-0.3, -0.25) is 0 Å². The van der Waals surface area contributed by atoms with Crippen molar-refractivity contribution in [3.63, 3.8) is 0 Å². The van der Waals surface area contributed by atoms with Gasteiger partial charge < -0.3 is 19.0 Å². The molecule has 0 spiro atoms. The van der Waals surface area contributed by atoms with Crippen molar-refractivity contribution in [2.24, 2.45) is 0 Å². The van der Waals surface area contributed by atoms with Crippen molar-refractivity contribution in [2.75, 3.05) is 13.4 Å². The third-order valence-electron chi connectivity index (χ3n) is 2.52. The summed E-state index contributed by atoms with van der Waals surface area (Å²) in [6.45, 7) is 3.03. The van der Waals surface area contributed by atoms with Gasteiger partial charge in [0.05, 0.1) is 6.61 Å². The van der Waals surface area contributed by atoms with Crippen molar-refractivity contribution in [2.45, 2.75) is 26.4 Å². The Morgan fingerprint density at radius 2 is 2.18 bits per heavy atom. The smallest absolute Gasteiger partial charge is 0.231 e. The Kier molecular flexibility index (Phi) is 3.98. The van der Waals surface area contributed by atoms with E-state index in [-0.39, 0.29) is 12.6 Å². The molecule has 0 unspecified atom stereocenters. The molecule has 0 saturated carbocycles. The topological polar surface area (TPSA) is 44.8 Å². The van der Waals surface area contributed by atoms with E-state index < -0.39 is 0 Å². The van der Waals surface area contributed by atoms with Gasteiger partial charge in [0, 0.05) is 13.0 Å². The van der Waals surface area contributed by atoms with Crippen LogP contribution in [0.1, 0.15) is 25.3 Å². The Hall–Kier alpha value is -1.55. The van der Waals surface area contributed by atoms with E-state index in [4.69, 9.17) is 14.2 Å². The third kappa shape index (κ3) is 3.46. The molecular formula is C13H16O4. The summed E-state index contributed by atoms with van der Waals surface area (Å²) in [5.41, 5.74) is 1.05. The molecule has 1 aliphatic rings. The lowest BCUT2D eigenvalue weighted by Crippen LogP contribution is -1.98. The van der Waals surface area contributed by atoms with E-state index in [0.717, 1.165) is 23.5 Å². The van der Waals surface area contributed by atoms with Crippen LogP contribution in [0.15, 0.2) is 18.2 Å². The molecule has 1 aromatic carbocycles. The number of hydrogen-bond donors (Lipinski definition) is 0. The van der Waals surface area contributed by atoms with Crippen LogP contribution in [-0.2, 0) is 16.1 Å². The van der Waals surface area contributed by atoms with Crippen molar-refractivity contribution in [1.29, 1.82) is 0 Å². The third-order valence-corrected chi connectivity index (χ3v) is 2.52. The Balaban J connectivity index is 1.74. The van der Waals surface area contributed by atoms with Crippen LogP contribution in [0.3, 0.4) is 0 Å². The standard InChI is InChI=1S/C13H16O4/c1-10(14)3-2-6-15-8-11-4-5-12-13(7-11)17-9-16-12/h4-5,7H,2-3,6,8-9H2,1H3. The van der Waals surface area contributed by atoms with Gasteiger partial charge >= 0.3 is 0 Å². The number of benzene rings is 1. The molecule has 0 aliphatic carbocycles. The van der Waals surface area contributed by atoms with Gasteiger partial charge in [0.25, 0.3) is 0 Å². The molecule has 2 rings (SSSR count). The van der Waals surface area contributed by atoms with Gasteiger partial charge in [-0.2, -0.15) is 0 Å². The molecule has 0 amide bonds. The summed E-state index contributed by atoms with van der Waals surface area (Å²) in [6.07, 6.45) is 1.36. The zero-order valence-corrected chi connectivity index (χ0v) is 9.90. The lowest BCUT2D eigenvalue weighted by molar-refractivity contribution is -0.117. The number of hydrogen-bond acceptors (Lipinski definition) is 4. The molecule has 4 heteroatoms. The molecule has 0 aromatic heterocycles. The second-order valence-corrected chi connectivity index (χ2v) is 4.05. The minimum absolute atomic E-state index is 0.205. The normalized spacial score (nSPS) is 12.8. The fourth-order valence-corrected chi connectivity index (χ4v) is 1.64. The Bertz CT molecular complexity index is 400. The van der Waals surface area contributed by atoms with Crippen LogP contribution in [0.25, 0.3) is 0 Å². The van der Waals surface area contributed by atoms with Crippen molar-refractivity contribution >= 4 is 5.78 Å². The molecule has 0 radical (unpaired) electrons. The SMILES string of the molecule is CC(=O)CCCOCc1ccc2c(c1)OCO2. The Labute approximate surface area is 100 Å². The first kappa shape index (κ1) is 11.9. The monoisotopic (exact) mass is 236 g/mol. The van der Waals surface area contributed by atoms with Crippen molar-refractivity contribution < 1.29 is 19.0 Å². The number of rotatable bonds is 6. The Morgan fingerprint density at radius 1 is 1.35 bits per heavy atom. The van der Waals surface area contributed by atoms with Gasteiger partial charge in [0.15, 0.2) is 11.5 Å². The molecule has 0 saturated heterocycles. The Morgan fingerprint density at radius 3 is 3.00 bits per heavy atom. The molecule has 4 nitrogen and oxygen atoms in total. The van der Waals surface area contributed by atoms with Crippen molar-refractivity contribution in [1.82, 2.24) is 0 Å². The van der Waals surface area contributed by atoms with Crippen LogP contribution in [0.2, 0.25) is 0 Å². The highest BCUT2D eigenvalue weighted by Crippen LogP contribution is 2.32. The number of ketones is 1. The number of carbonyl (C=O) groups is 1. The van der Waals surface area contributed by atoms with E-state index in [0.29, 0.717) is 19.6 Å². The molecule has 0 fully saturated rings. The van der Waals surface area contributed by atoms with E-state index >= 15 is 0 Å². The van der Waals surface area contributed by atoms with Crippen LogP contribution in [0, 0.1) is 0 Å².